The lowest BCUT2D eigenvalue weighted by molar-refractivity contribution is -0.385. The number of thiocarbonyl (C=S) groups is 1. The van der Waals surface area contributed by atoms with E-state index in [0.29, 0.717) is 5.56 Å². The van der Waals surface area contributed by atoms with Gasteiger partial charge in [0.1, 0.15) is 0 Å². The monoisotopic (exact) mass is 296 g/mol. The minimum Gasteiger partial charge on any atom is -0.359 e. The lowest BCUT2D eigenvalue weighted by Crippen LogP contribution is -2.48. The number of hydrogen-bond acceptors (Lipinski definition) is 4. The highest BCUT2D eigenvalue weighted by Crippen LogP contribution is 2.17. The van der Waals surface area contributed by atoms with Crippen molar-refractivity contribution < 1.29 is 9.72 Å². The Kier molecular flexibility index (Phi) is 5.85. The lowest BCUT2D eigenvalue weighted by atomic mass is 10.1. The highest BCUT2D eigenvalue weighted by molar-refractivity contribution is 7.80. The summed E-state index contributed by atoms with van der Waals surface area (Å²) in [6.07, 6.45) is -0.103. The van der Waals surface area contributed by atoms with E-state index < -0.39 is 10.8 Å². The molecule has 0 aliphatic rings. The molecule has 0 unspecified atom stereocenters. The number of carbonyl (C=O) groups is 1. The van der Waals surface area contributed by atoms with Gasteiger partial charge in [-0.1, -0.05) is 18.2 Å². The van der Waals surface area contributed by atoms with Gasteiger partial charge in [0.25, 0.3) is 5.69 Å². The Bertz CT molecular complexity index is 519. The van der Waals surface area contributed by atoms with Crippen LogP contribution < -0.4 is 16.2 Å². The van der Waals surface area contributed by atoms with Crippen LogP contribution in [-0.4, -0.2) is 22.0 Å². The molecule has 0 radical (unpaired) electrons. The Balaban J connectivity index is 2.55. The van der Waals surface area contributed by atoms with Crippen molar-refractivity contribution in [2.24, 2.45) is 0 Å². The summed E-state index contributed by atoms with van der Waals surface area (Å²) in [6.45, 7) is 3.81. The molecule has 3 N–H and O–H groups in total. The minimum absolute atomic E-state index is 0.0782. The van der Waals surface area contributed by atoms with Crippen molar-refractivity contribution in [3.63, 3.8) is 0 Å². The topological polar surface area (TPSA) is 96.3 Å². The van der Waals surface area contributed by atoms with E-state index in [0.717, 1.165) is 0 Å². The van der Waals surface area contributed by atoms with E-state index in [1.54, 1.807) is 18.2 Å². The predicted octanol–water partition coefficient (Wildman–Crippen LogP) is 1.04. The van der Waals surface area contributed by atoms with Crippen LogP contribution >= 0.6 is 12.2 Å². The first-order valence-electron chi connectivity index (χ1n) is 5.97. The fourth-order valence-corrected chi connectivity index (χ4v) is 1.77. The first-order chi connectivity index (χ1) is 9.40. The highest BCUT2D eigenvalue weighted by atomic mass is 32.1. The number of nitrogens with one attached hydrogen (secondary N) is 3. The van der Waals surface area contributed by atoms with Gasteiger partial charge >= 0.3 is 0 Å². The maximum Gasteiger partial charge on any atom is 0.273 e. The number of nitrogens with zero attached hydrogens (tertiary/aromatic N) is 1. The molecule has 1 aromatic carbocycles. The molecule has 0 saturated heterocycles. The molecule has 0 fully saturated rings. The van der Waals surface area contributed by atoms with Crippen molar-refractivity contribution in [1.29, 1.82) is 0 Å². The molecule has 0 heterocycles. The van der Waals surface area contributed by atoms with Crippen molar-refractivity contribution in [3.05, 3.63) is 39.9 Å². The maximum atomic E-state index is 11.7. The van der Waals surface area contributed by atoms with Crippen LogP contribution in [0.15, 0.2) is 24.3 Å². The number of rotatable bonds is 4. The quantitative estimate of drug-likeness (QED) is 0.436. The van der Waals surface area contributed by atoms with Crippen LogP contribution in [0.5, 0.6) is 0 Å². The van der Waals surface area contributed by atoms with Crippen LogP contribution in [0.1, 0.15) is 19.4 Å². The SMILES string of the molecule is CC(C)NC(=S)NNC(=O)Cc1ccccc1[N+](=O)[O-]. The summed E-state index contributed by atoms with van der Waals surface area (Å²) in [4.78, 5) is 22.0. The Morgan fingerprint density at radius 3 is 2.60 bits per heavy atom. The van der Waals surface area contributed by atoms with E-state index in [2.05, 4.69) is 16.2 Å². The van der Waals surface area contributed by atoms with Gasteiger partial charge in [-0.25, -0.2) is 0 Å². The van der Waals surface area contributed by atoms with Gasteiger partial charge in [-0.2, -0.15) is 0 Å². The number of nitro benzene ring substituents is 1. The van der Waals surface area contributed by atoms with E-state index in [-0.39, 0.29) is 23.3 Å². The Labute approximate surface area is 121 Å². The molecule has 7 nitrogen and oxygen atoms in total. The Hall–Kier alpha value is -2.22. The molecule has 8 heteroatoms. The van der Waals surface area contributed by atoms with Crippen LogP contribution in [0.25, 0.3) is 0 Å². The van der Waals surface area contributed by atoms with Gasteiger partial charge in [0.05, 0.1) is 11.3 Å². The maximum absolute atomic E-state index is 11.7. The van der Waals surface area contributed by atoms with Crippen molar-refractivity contribution >= 4 is 28.9 Å². The highest BCUT2D eigenvalue weighted by Gasteiger charge is 2.15. The van der Waals surface area contributed by atoms with E-state index in [9.17, 15) is 14.9 Å². The third-order valence-corrected chi connectivity index (χ3v) is 2.49. The van der Waals surface area contributed by atoms with Gasteiger partial charge in [-0.05, 0) is 26.1 Å². The van der Waals surface area contributed by atoms with Crippen LogP contribution in [0.4, 0.5) is 5.69 Å². The molecule has 0 saturated carbocycles. The normalized spacial score (nSPS) is 9.95. The van der Waals surface area contributed by atoms with Gasteiger partial charge < -0.3 is 5.32 Å². The van der Waals surface area contributed by atoms with E-state index in [1.807, 2.05) is 13.8 Å². The van der Waals surface area contributed by atoms with Gasteiger partial charge in [0.15, 0.2) is 5.11 Å². The molecule has 1 amide bonds. The van der Waals surface area contributed by atoms with Gasteiger partial charge in [-0.15, -0.1) is 0 Å². The first kappa shape index (κ1) is 15.8. The summed E-state index contributed by atoms with van der Waals surface area (Å²) < 4.78 is 0. The molecule has 1 rings (SSSR count). The fraction of sp³-hybridized carbons (Fsp3) is 0.333. The van der Waals surface area contributed by atoms with Crippen LogP contribution in [-0.2, 0) is 11.2 Å². The smallest absolute Gasteiger partial charge is 0.273 e. The second-order valence-electron chi connectivity index (χ2n) is 4.36. The largest absolute Gasteiger partial charge is 0.359 e. The molecular weight excluding hydrogens is 280 g/mol. The zero-order chi connectivity index (χ0) is 15.1. The van der Waals surface area contributed by atoms with Crippen molar-refractivity contribution in [2.45, 2.75) is 26.3 Å². The molecule has 0 aromatic heterocycles. The fourth-order valence-electron chi connectivity index (χ4n) is 1.48. The molecule has 0 spiro atoms. The summed E-state index contributed by atoms with van der Waals surface area (Å²) in [5.74, 6) is -0.410. The molecule has 0 aliphatic carbocycles. The summed E-state index contributed by atoms with van der Waals surface area (Å²) in [5, 5.41) is 14.0. The number of nitro groups is 1. The van der Waals surface area contributed by atoms with Crippen molar-refractivity contribution in [2.75, 3.05) is 0 Å². The molecule has 20 heavy (non-hydrogen) atoms. The van der Waals surface area contributed by atoms with E-state index >= 15 is 0 Å². The Morgan fingerprint density at radius 1 is 1.35 bits per heavy atom. The van der Waals surface area contributed by atoms with E-state index in [4.69, 9.17) is 12.2 Å². The third kappa shape index (κ3) is 5.19. The number of carbonyl (C=O) groups excluding carboxylic acids is 1. The average Bonchev–Trinajstić information content (AvgIpc) is 2.36. The summed E-state index contributed by atoms with van der Waals surface area (Å²) >= 11 is 4.94. The lowest BCUT2D eigenvalue weighted by Gasteiger charge is -2.13. The molecule has 0 aliphatic heterocycles. The van der Waals surface area contributed by atoms with Crippen LogP contribution in [0.3, 0.4) is 0 Å². The third-order valence-electron chi connectivity index (χ3n) is 2.27. The average molecular weight is 296 g/mol. The first-order valence-corrected chi connectivity index (χ1v) is 6.38. The number of hydrogen-bond donors (Lipinski definition) is 3. The van der Waals surface area contributed by atoms with Gasteiger partial charge in [0.2, 0.25) is 5.91 Å². The Morgan fingerprint density at radius 2 is 2.00 bits per heavy atom. The van der Waals surface area contributed by atoms with Crippen molar-refractivity contribution in [1.82, 2.24) is 16.2 Å². The standard InChI is InChI=1S/C12H16N4O3S/c1-8(2)13-12(20)15-14-11(17)7-9-5-3-4-6-10(9)16(18)19/h3-6,8H,7H2,1-2H3,(H,14,17)(H2,13,15,20). The van der Waals surface area contributed by atoms with Crippen LogP contribution in [0.2, 0.25) is 0 Å². The van der Waals surface area contributed by atoms with Crippen molar-refractivity contribution in [3.8, 4) is 0 Å². The number of benzene rings is 1. The zero-order valence-electron chi connectivity index (χ0n) is 11.2. The molecule has 0 bridgehead atoms. The predicted molar refractivity (Wildman–Crippen MR) is 78.9 cm³/mol. The second-order valence-corrected chi connectivity index (χ2v) is 4.77. The number of amides is 1. The van der Waals surface area contributed by atoms with E-state index in [1.165, 1.54) is 6.07 Å². The molecule has 108 valence electrons. The second kappa shape index (κ2) is 7.39. The zero-order valence-corrected chi connectivity index (χ0v) is 12.0. The van der Waals surface area contributed by atoms with Crippen LogP contribution in [0, 0.1) is 10.1 Å². The summed E-state index contributed by atoms with van der Waals surface area (Å²) in [5.41, 5.74) is 5.19. The number of para-hydroxylation sites is 1. The molecule has 1 aromatic rings. The molecule has 0 atom stereocenters. The van der Waals surface area contributed by atoms with Gasteiger partial charge in [0, 0.05) is 17.7 Å². The summed E-state index contributed by atoms with van der Waals surface area (Å²) in [7, 11) is 0. The molecular formula is C12H16N4O3S. The minimum atomic E-state index is -0.513. The number of hydrazine groups is 1. The summed E-state index contributed by atoms with van der Waals surface area (Å²) in [6, 6.07) is 6.25. The van der Waals surface area contributed by atoms with Gasteiger partial charge in [-0.3, -0.25) is 25.8 Å².